The van der Waals surface area contributed by atoms with E-state index in [1.165, 1.54) is 12.8 Å². The lowest BCUT2D eigenvalue weighted by molar-refractivity contribution is -0.142. The van der Waals surface area contributed by atoms with Gasteiger partial charge in [-0.1, -0.05) is 34.8 Å². The molecule has 14 nitrogen and oxygen atoms in total. The number of hydrogen-bond acceptors (Lipinski definition) is 14. The van der Waals surface area contributed by atoms with Crippen molar-refractivity contribution in [2.24, 2.45) is 0 Å². The third-order valence-electron chi connectivity index (χ3n) is 10.8. The van der Waals surface area contributed by atoms with E-state index in [0.29, 0.717) is 62.0 Å². The minimum absolute atomic E-state index is 0.240. The Balaban J connectivity index is 0.000000168. The second kappa shape index (κ2) is 17.2. The second-order valence-electron chi connectivity index (χ2n) is 14.3. The smallest absolute Gasteiger partial charge is 0.328 e. The van der Waals surface area contributed by atoms with Gasteiger partial charge in [-0.05, 0) is 48.5 Å². The fraction of sp³-hybridized carbons (Fsp3) is 0.447. The molecule has 2 unspecified atom stereocenters. The van der Waals surface area contributed by atoms with E-state index in [1.54, 1.807) is 4.90 Å². The first kappa shape index (κ1) is 40.0. The number of piperazine rings is 2. The van der Waals surface area contributed by atoms with Crippen LogP contribution < -0.4 is 24.5 Å². The number of aryl methyl sites for hydroxylation is 2. The van der Waals surface area contributed by atoms with Crippen LogP contribution in [0.15, 0.2) is 58.3 Å². The molecule has 9 rings (SSSR count). The molecule has 5 aliphatic heterocycles. The molecule has 0 amide bonds. The molecule has 57 heavy (non-hydrogen) atoms. The van der Waals surface area contributed by atoms with Crippen molar-refractivity contribution in [2.75, 3.05) is 102 Å². The van der Waals surface area contributed by atoms with E-state index in [9.17, 15) is 18.3 Å². The molecule has 1 N–H and O–H groups in total. The summed E-state index contributed by atoms with van der Waals surface area (Å²) in [7, 11) is -0.947. The number of β-amino-alcohol motifs (C(OH)–C–C–N with tert-alkyl or cyclic N) is 1. The van der Waals surface area contributed by atoms with Crippen LogP contribution in [0.1, 0.15) is 17.8 Å². The minimum atomic E-state index is -1.23. The van der Waals surface area contributed by atoms with Crippen LogP contribution in [-0.2, 0) is 44.0 Å². The predicted octanol–water partition coefficient (Wildman–Crippen LogP) is 4.01. The third kappa shape index (κ3) is 8.53. The number of benzene rings is 2. The number of ether oxygens (including phenoxy) is 1. The van der Waals surface area contributed by atoms with E-state index >= 15 is 0 Å². The lowest BCUT2D eigenvalue weighted by Crippen LogP contribution is -2.47. The molecule has 4 aromatic rings. The van der Waals surface area contributed by atoms with E-state index in [2.05, 4.69) is 29.6 Å². The topological polar surface area (TPSA) is 148 Å². The Morgan fingerprint density at radius 1 is 0.684 bits per heavy atom. The summed E-state index contributed by atoms with van der Waals surface area (Å²) in [6.45, 7) is 6.70. The van der Waals surface area contributed by atoms with E-state index in [0.717, 1.165) is 74.5 Å². The maximum Gasteiger partial charge on any atom is 0.328 e. The largest absolute Gasteiger partial charge is 0.467 e. The van der Waals surface area contributed by atoms with Gasteiger partial charge in [0.25, 0.3) is 0 Å². The summed E-state index contributed by atoms with van der Waals surface area (Å²) in [5.41, 5.74) is 3.89. The van der Waals surface area contributed by atoms with Gasteiger partial charge >= 0.3 is 5.97 Å². The number of fused-ring (bicyclic) bond motifs is 2. The molecule has 19 heteroatoms. The van der Waals surface area contributed by atoms with Crippen molar-refractivity contribution in [3.8, 4) is 0 Å². The summed E-state index contributed by atoms with van der Waals surface area (Å²) in [5, 5.41) is 12.1. The summed E-state index contributed by atoms with van der Waals surface area (Å²) in [5.74, 6) is 2.36. The molecular weight excluding hydrogens is 833 g/mol. The Hall–Kier alpha value is -3.80. The van der Waals surface area contributed by atoms with Crippen LogP contribution in [0.4, 0.5) is 29.1 Å². The summed E-state index contributed by atoms with van der Waals surface area (Å²) in [4.78, 5) is 42.7. The van der Waals surface area contributed by atoms with Crippen LogP contribution in [-0.4, -0.2) is 129 Å². The van der Waals surface area contributed by atoms with Crippen LogP contribution in [0.2, 0.25) is 15.2 Å². The number of carbonyl (C=O) groups excluding carboxylic acids is 1. The Morgan fingerprint density at radius 3 is 1.65 bits per heavy atom. The fourth-order valence-corrected chi connectivity index (χ4v) is 11.1. The molecule has 4 atom stereocenters. The average molecular weight is 875 g/mol. The number of rotatable bonds is 6. The average Bonchev–Trinajstić information content (AvgIpc) is 3.94. The Labute approximate surface area is 351 Å². The van der Waals surface area contributed by atoms with E-state index in [1.807, 2.05) is 48.5 Å². The van der Waals surface area contributed by atoms with Crippen molar-refractivity contribution in [1.82, 2.24) is 19.9 Å². The number of nitrogens with zero attached hydrogens (tertiary/aromatic N) is 9. The van der Waals surface area contributed by atoms with Gasteiger partial charge in [0.2, 0.25) is 11.9 Å². The zero-order valence-corrected chi connectivity index (χ0v) is 35.1. The molecule has 5 aliphatic rings. The Morgan fingerprint density at radius 2 is 1.14 bits per heavy atom. The van der Waals surface area contributed by atoms with Gasteiger partial charge in [-0.3, -0.25) is 8.42 Å². The molecule has 2 aromatic heterocycles. The number of aliphatic hydroxyl groups is 1. The number of aromatic nitrogens is 4. The fourth-order valence-electron chi connectivity index (χ4n) is 7.82. The van der Waals surface area contributed by atoms with Crippen LogP contribution >= 0.6 is 34.8 Å². The Bertz CT molecular complexity index is 2170. The third-order valence-corrected chi connectivity index (χ3v) is 14.6. The normalized spacial score (nSPS) is 22.9. The number of methoxy groups -OCH3 is 1. The zero-order chi connectivity index (χ0) is 39.8. The van der Waals surface area contributed by atoms with Gasteiger partial charge in [-0.15, -0.1) is 0 Å². The van der Waals surface area contributed by atoms with Crippen LogP contribution in [0.5, 0.6) is 0 Å². The highest BCUT2D eigenvalue weighted by Gasteiger charge is 2.41. The number of aliphatic hydroxyl groups excluding tert-OH is 1. The first-order valence-corrected chi connectivity index (χ1v) is 22.6. The highest BCUT2D eigenvalue weighted by Crippen LogP contribution is 2.37. The maximum absolute atomic E-state index is 12.8. The van der Waals surface area contributed by atoms with Crippen LogP contribution in [0, 0.1) is 0 Å². The molecular formula is C38H42Cl3N9O5S2. The van der Waals surface area contributed by atoms with Crippen molar-refractivity contribution in [2.45, 2.75) is 41.2 Å². The van der Waals surface area contributed by atoms with Gasteiger partial charge in [-0.2, -0.15) is 9.97 Å². The lowest BCUT2D eigenvalue weighted by Gasteiger charge is -2.36. The first-order chi connectivity index (χ1) is 27.6. The highest BCUT2D eigenvalue weighted by atomic mass is 35.5. The van der Waals surface area contributed by atoms with Crippen molar-refractivity contribution in [3.05, 3.63) is 75.1 Å². The monoisotopic (exact) mass is 873 g/mol. The van der Waals surface area contributed by atoms with E-state index in [-0.39, 0.29) is 13.0 Å². The quantitative estimate of drug-likeness (QED) is 0.220. The molecule has 0 spiro atoms. The predicted molar refractivity (Wildman–Crippen MR) is 225 cm³/mol. The first-order valence-electron chi connectivity index (χ1n) is 18.8. The summed E-state index contributed by atoms with van der Waals surface area (Å²) < 4.78 is 29.6. The van der Waals surface area contributed by atoms with Gasteiger partial charge in [0, 0.05) is 111 Å². The summed E-state index contributed by atoms with van der Waals surface area (Å²) in [6.07, 6.45) is 0.893. The molecule has 2 aromatic carbocycles. The number of hydrogen-bond donors (Lipinski definition) is 1. The SMILES string of the molecule is COC(=O)[C@@H]1C[C@@H](O)CN1c1nc(N2CCN(c3ccc(Cl)cc3)CC2)nc2c1S(=O)CC2.O=S1CCc2nc(N3CCN(c4ccc(Cl)cc4)CC3)nc(Cl)c21. The second-order valence-corrected chi connectivity index (χ2v) is 18.5. The number of anilines is 5. The molecule has 0 saturated carbocycles. The standard InChI is InChI=1S/C22H26ClN5O4S.C16H16Cl2N4OS/c1-32-21(30)18-12-16(29)13-28(18)20-19-17(6-11-33(19)31)24-22(25-20)27-9-7-26(8-10-27)15-4-2-14(23)3-5-15;17-11-1-3-12(4-2-11)21-6-8-22(9-7-21)16-19-13-5-10-24(23)14(13)15(18)20-16/h2-5,16,18,29H,6-13H2,1H3;1-4H,5-10H2/t16-,18+,33?;/m1./s1. The molecule has 3 fully saturated rings. The Kier molecular flexibility index (Phi) is 12.1. The lowest BCUT2D eigenvalue weighted by atomic mass is 10.2. The van der Waals surface area contributed by atoms with Gasteiger partial charge in [0.1, 0.15) is 10.9 Å². The molecule has 302 valence electrons. The van der Waals surface area contributed by atoms with Gasteiger partial charge in [0.15, 0.2) is 11.0 Å². The number of carbonyl (C=O) groups is 1. The number of esters is 1. The van der Waals surface area contributed by atoms with Crippen molar-refractivity contribution in [3.63, 3.8) is 0 Å². The highest BCUT2D eigenvalue weighted by molar-refractivity contribution is 7.85. The molecule has 3 saturated heterocycles. The summed E-state index contributed by atoms with van der Waals surface area (Å²) in [6, 6.07) is 15.1. The van der Waals surface area contributed by atoms with Crippen LogP contribution in [0.3, 0.4) is 0 Å². The van der Waals surface area contributed by atoms with Crippen molar-refractivity contribution < 1.29 is 23.1 Å². The molecule has 7 heterocycles. The number of halogens is 3. The van der Waals surface area contributed by atoms with E-state index < -0.39 is 39.7 Å². The van der Waals surface area contributed by atoms with E-state index in [4.69, 9.17) is 49.5 Å². The van der Waals surface area contributed by atoms with Crippen molar-refractivity contribution >= 4 is 91.5 Å². The van der Waals surface area contributed by atoms with Gasteiger partial charge < -0.3 is 34.3 Å². The molecule has 0 aliphatic carbocycles. The van der Waals surface area contributed by atoms with Crippen molar-refractivity contribution in [1.29, 1.82) is 0 Å². The van der Waals surface area contributed by atoms with Gasteiger partial charge in [-0.25, -0.2) is 14.8 Å². The summed E-state index contributed by atoms with van der Waals surface area (Å²) >= 11 is 18.2. The maximum atomic E-state index is 12.8. The van der Waals surface area contributed by atoms with Crippen LogP contribution in [0.25, 0.3) is 0 Å². The molecule has 0 radical (unpaired) electrons. The molecule has 0 bridgehead atoms. The minimum Gasteiger partial charge on any atom is -0.467 e. The van der Waals surface area contributed by atoms with Gasteiger partial charge in [0.05, 0.1) is 51.1 Å². The zero-order valence-electron chi connectivity index (χ0n) is 31.2.